The molecule has 55 heavy (non-hydrogen) atoms. The number of benzene rings is 7. The Morgan fingerprint density at radius 2 is 1.38 bits per heavy atom. The van der Waals surface area contributed by atoms with Crippen molar-refractivity contribution in [2.24, 2.45) is 0 Å². The van der Waals surface area contributed by atoms with E-state index in [1.807, 2.05) is 0 Å². The Labute approximate surface area is 347 Å². The van der Waals surface area contributed by atoms with Crippen LogP contribution in [0.25, 0.3) is 82.5 Å². The van der Waals surface area contributed by atoms with Gasteiger partial charge in [-0.2, -0.15) is 0 Å². The van der Waals surface area contributed by atoms with Gasteiger partial charge in [-0.15, -0.1) is 40.8 Å². The average Bonchev–Trinajstić information content (AvgIpc) is 3.88. The average molecular weight is 908 g/mol. The minimum Gasteiger partial charge on any atom is -0.333 e. The Hall–Kier alpha value is -5.97. The maximum absolute atomic E-state index is 7.28. The number of rotatable bonds is 5. The fourth-order valence-electron chi connectivity index (χ4n) is 6.81. The molecule has 0 aliphatic heterocycles. The molecular weight excluding hydrogens is 867 g/mol. The first-order chi connectivity index (χ1) is 29.0. The normalized spacial score (nSPS) is 13.0. The van der Waals surface area contributed by atoms with E-state index >= 15 is 0 Å². The van der Waals surface area contributed by atoms with Gasteiger partial charge < -0.3 is 9.55 Å². The van der Waals surface area contributed by atoms with Crippen LogP contribution in [0.15, 0.2) is 176 Å². The van der Waals surface area contributed by atoms with E-state index in [0.29, 0.717) is 11.3 Å². The molecule has 0 bridgehead atoms. The van der Waals surface area contributed by atoms with Gasteiger partial charge in [-0.3, -0.25) is 16.3 Å². The van der Waals surface area contributed by atoms with E-state index < -0.39 is 13.7 Å². The first kappa shape index (κ1) is 29.4. The molecule has 3 aromatic heterocycles. The standard InChI is InChI=1S/C37H23N2S.C13H12N.Ir/c1-2-9-25(10-3-1)26-17-20-29(21-18-26)39-35-16-7-6-15-34(35)38-37(39)33-24-40-36-22-19-28(23-32(33)36)31-14-8-12-27-11-4-5-13-30(27)31;1-10-3-6-12(7-4-10)13-8-5-11(2)9-14-13;/h1-23H;3-6,8-9H,1-2H3;/q2*-1;/i;1D3,2D3;. The molecule has 0 N–H and O–H groups in total. The summed E-state index contributed by atoms with van der Waals surface area (Å²) in [5.74, 6) is 0.912. The van der Waals surface area contributed by atoms with E-state index in [-0.39, 0.29) is 31.2 Å². The van der Waals surface area contributed by atoms with Crippen LogP contribution < -0.4 is 0 Å². The number of aryl methyl sites for hydroxylation is 2. The van der Waals surface area contributed by atoms with Crippen LogP contribution in [-0.4, -0.2) is 14.5 Å². The van der Waals surface area contributed by atoms with Crippen molar-refractivity contribution in [3.8, 4) is 50.6 Å². The molecule has 3 heterocycles. The number of para-hydroxylation sites is 2. The second-order valence-corrected chi connectivity index (χ2v) is 13.8. The van der Waals surface area contributed by atoms with Gasteiger partial charge in [-0.05, 0) is 75.4 Å². The fourth-order valence-corrected chi connectivity index (χ4v) is 7.63. The van der Waals surface area contributed by atoms with Gasteiger partial charge in [-0.1, -0.05) is 150 Å². The van der Waals surface area contributed by atoms with E-state index in [4.69, 9.17) is 13.2 Å². The first-order valence-corrected chi connectivity index (χ1v) is 18.4. The van der Waals surface area contributed by atoms with Crippen molar-refractivity contribution in [2.75, 3.05) is 0 Å². The summed E-state index contributed by atoms with van der Waals surface area (Å²) in [5.41, 5.74) is 10.6. The smallest absolute Gasteiger partial charge is 0.0774 e. The zero-order valence-corrected chi connectivity index (χ0v) is 32.5. The molecule has 0 amide bonds. The molecular formula is C50H35IrN3S-2. The Balaban J connectivity index is 0.000000208. The number of aromatic nitrogens is 3. The number of nitrogens with zero attached hydrogens (tertiary/aromatic N) is 3. The molecule has 0 spiro atoms. The van der Waals surface area contributed by atoms with Crippen LogP contribution in [0, 0.1) is 25.2 Å². The number of thiophene rings is 1. The van der Waals surface area contributed by atoms with Gasteiger partial charge >= 0.3 is 0 Å². The van der Waals surface area contributed by atoms with Crippen LogP contribution >= 0.6 is 11.3 Å². The summed E-state index contributed by atoms with van der Waals surface area (Å²) in [6.07, 6.45) is 1.30. The number of fused-ring (bicyclic) bond motifs is 3. The summed E-state index contributed by atoms with van der Waals surface area (Å²) >= 11 is 1.65. The predicted molar refractivity (Wildman–Crippen MR) is 227 cm³/mol. The van der Waals surface area contributed by atoms with E-state index in [9.17, 15) is 0 Å². The molecule has 1 radical (unpaired) electrons. The topological polar surface area (TPSA) is 30.7 Å². The van der Waals surface area contributed by atoms with Crippen LogP contribution in [0.1, 0.15) is 19.4 Å². The fraction of sp³-hybridized carbons (Fsp3) is 0.0400. The van der Waals surface area contributed by atoms with Gasteiger partial charge in [0.15, 0.2) is 0 Å². The van der Waals surface area contributed by atoms with Crippen molar-refractivity contribution in [1.29, 1.82) is 0 Å². The van der Waals surface area contributed by atoms with E-state index in [0.717, 1.165) is 28.1 Å². The quantitative estimate of drug-likeness (QED) is 0.161. The molecule has 0 unspecified atom stereocenters. The molecule has 10 rings (SSSR count). The van der Waals surface area contributed by atoms with Crippen LogP contribution in [0.4, 0.5) is 0 Å². The second kappa shape index (κ2) is 15.8. The van der Waals surface area contributed by atoms with E-state index in [1.165, 1.54) is 67.5 Å². The van der Waals surface area contributed by atoms with Crippen molar-refractivity contribution in [2.45, 2.75) is 13.7 Å². The minimum absolute atomic E-state index is 0. The number of pyridine rings is 1. The Bertz CT molecular complexity index is 3040. The third kappa shape index (κ3) is 7.30. The predicted octanol–water partition coefficient (Wildman–Crippen LogP) is 13.4. The molecule has 3 nitrogen and oxygen atoms in total. The van der Waals surface area contributed by atoms with Crippen molar-refractivity contribution < 1.29 is 28.3 Å². The van der Waals surface area contributed by atoms with Gasteiger partial charge in [0, 0.05) is 40.2 Å². The van der Waals surface area contributed by atoms with Crippen LogP contribution in [0.2, 0.25) is 0 Å². The zero-order chi connectivity index (χ0) is 41.4. The van der Waals surface area contributed by atoms with Crippen LogP contribution in [-0.2, 0) is 20.1 Å². The van der Waals surface area contributed by atoms with Crippen LogP contribution in [0.3, 0.4) is 0 Å². The van der Waals surface area contributed by atoms with E-state index in [1.54, 1.807) is 23.5 Å². The molecule has 0 atom stereocenters. The Morgan fingerprint density at radius 3 is 2.18 bits per heavy atom. The minimum atomic E-state index is -2.18. The van der Waals surface area contributed by atoms with Gasteiger partial charge in [0.1, 0.15) is 0 Å². The maximum atomic E-state index is 7.28. The third-order valence-corrected chi connectivity index (χ3v) is 10.4. The van der Waals surface area contributed by atoms with Gasteiger partial charge in [0.2, 0.25) is 0 Å². The summed E-state index contributed by atoms with van der Waals surface area (Å²) in [4.78, 5) is 9.23. The van der Waals surface area contributed by atoms with Crippen molar-refractivity contribution in [3.63, 3.8) is 0 Å². The summed E-state index contributed by atoms with van der Waals surface area (Å²) < 4.78 is 47.1. The largest absolute Gasteiger partial charge is 0.333 e. The molecule has 10 aromatic rings. The number of hydrogen-bond donors (Lipinski definition) is 0. The maximum Gasteiger partial charge on any atom is 0.0774 e. The van der Waals surface area contributed by atoms with Crippen molar-refractivity contribution in [3.05, 3.63) is 199 Å². The second-order valence-electron chi connectivity index (χ2n) is 12.9. The summed E-state index contributed by atoms with van der Waals surface area (Å²) in [6.45, 7) is -4.34. The number of imidazole rings is 1. The molecule has 0 aliphatic rings. The number of hydrogen-bond acceptors (Lipinski definition) is 3. The monoisotopic (exact) mass is 908 g/mol. The SMILES string of the molecule is [2H]C([2H])([2H])c1c[c-]c(-c2ccc(C([2H])([2H])[2H])cn2)cc1.[Ir].[c-]1sc2ccc(-c3cccc4ccccc34)cc2c1-c1nc2ccccc2n1-c1ccc(-c2ccccc2)cc1. The Kier molecular flexibility index (Phi) is 8.44. The Morgan fingerprint density at radius 1 is 0.636 bits per heavy atom. The molecule has 5 heteroatoms. The van der Waals surface area contributed by atoms with Crippen molar-refractivity contribution >= 4 is 43.2 Å². The van der Waals surface area contributed by atoms with Gasteiger partial charge in [0.05, 0.1) is 16.9 Å². The molecule has 0 saturated carbocycles. The van der Waals surface area contributed by atoms with E-state index in [2.05, 4.69) is 161 Å². The van der Waals surface area contributed by atoms with Gasteiger partial charge in [-0.25, -0.2) is 0 Å². The molecule has 0 aliphatic carbocycles. The molecule has 0 fully saturated rings. The van der Waals surface area contributed by atoms with Crippen LogP contribution in [0.5, 0.6) is 0 Å². The van der Waals surface area contributed by atoms with Gasteiger partial charge in [0.25, 0.3) is 0 Å². The summed E-state index contributed by atoms with van der Waals surface area (Å²) in [7, 11) is 0. The first-order valence-electron chi connectivity index (χ1n) is 20.6. The molecule has 267 valence electrons. The summed E-state index contributed by atoms with van der Waals surface area (Å²) in [5, 5.41) is 7.29. The zero-order valence-electron chi connectivity index (χ0n) is 35.3. The summed E-state index contributed by atoms with van der Waals surface area (Å²) in [6, 6.07) is 59.9. The molecule has 0 saturated heterocycles. The third-order valence-electron chi connectivity index (χ3n) is 9.48. The molecule has 7 aromatic carbocycles. The van der Waals surface area contributed by atoms with Crippen molar-refractivity contribution in [1.82, 2.24) is 14.5 Å².